The molecule has 0 aliphatic rings. The maximum atomic E-state index is 12.2. The minimum atomic E-state index is -0.243. The van der Waals surface area contributed by atoms with Gasteiger partial charge in [0.05, 0.1) is 12.4 Å². The van der Waals surface area contributed by atoms with Gasteiger partial charge in [0, 0.05) is 12.2 Å². The number of aromatic nitrogens is 2. The molecule has 3 aromatic rings. The van der Waals surface area contributed by atoms with Crippen molar-refractivity contribution < 1.29 is 4.79 Å². The lowest BCUT2D eigenvalue weighted by Gasteiger charge is -2.19. The fourth-order valence-corrected chi connectivity index (χ4v) is 2.58. The Morgan fingerprint density at radius 1 is 0.926 bits per heavy atom. The zero-order valence-electron chi connectivity index (χ0n) is 15.9. The van der Waals surface area contributed by atoms with Crippen molar-refractivity contribution in [2.45, 2.75) is 32.7 Å². The first-order valence-corrected chi connectivity index (χ1v) is 8.93. The molecule has 0 unspecified atom stereocenters. The van der Waals surface area contributed by atoms with Crippen molar-refractivity contribution in [3.8, 4) is 0 Å². The molecule has 0 fully saturated rings. The van der Waals surface area contributed by atoms with Gasteiger partial charge in [0.1, 0.15) is 11.5 Å². The van der Waals surface area contributed by atoms with Crippen molar-refractivity contribution in [1.82, 2.24) is 15.3 Å². The number of anilines is 2. The van der Waals surface area contributed by atoms with Gasteiger partial charge in [-0.05, 0) is 28.7 Å². The normalized spacial score (nSPS) is 11.1. The van der Waals surface area contributed by atoms with Crippen molar-refractivity contribution in [2.24, 2.45) is 0 Å². The highest BCUT2D eigenvalue weighted by molar-refractivity contribution is 5.92. The summed E-state index contributed by atoms with van der Waals surface area (Å²) < 4.78 is 0. The smallest absolute Gasteiger partial charge is 0.271 e. The summed E-state index contributed by atoms with van der Waals surface area (Å²) in [7, 11) is 0. The van der Waals surface area contributed by atoms with E-state index < -0.39 is 0 Å². The van der Waals surface area contributed by atoms with E-state index in [0.29, 0.717) is 18.1 Å². The molecule has 0 aliphatic heterocycles. The summed E-state index contributed by atoms with van der Waals surface area (Å²) in [5, 5.41) is 6.04. The lowest BCUT2D eigenvalue weighted by molar-refractivity contribution is 0.0945. The fourth-order valence-electron chi connectivity index (χ4n) is 2.58. The van der Waals surface area contributed by atoms with Gasteiger partial charge in [-0.25, -0.2) is 9.97 Å². The van der Waals surface area contributed by atoms with Crippen LogP contribution in [0.4, 0.5) is 11.5 Å². The van der Waals surface area contributed by atoms with Gasteiger partial charge in [0.15, 0.2) is 0 Å². The van der Waals surface area contributed by atoms with Crippen LogP contribution in [0, 0.1) is 0 Å². The SMILES string of the molecule is CC(C)(C)c1ccc(Nc2cnc(C(=O)NCc3ccccc3)cn2)cc1. The number of nitrogens with one attached hydrogen (secondary N) is 2. The molecule has 0 spiro atoms. The monoisotopic (exact) mass is 360 g/mol. The quantitative estimate of drug-likeness (QED) is 0.705. The zero-order valence-corrected chi connectivity index (χ0v) is 15.9. The zero-order chi connectivity index (χ0) is 19.3. The third kappa shape index (κ3) is 5.14. The molecule has 1 aromatic heterocycles. The van der Waals surface area contributed by atoms with Crippen LogP contribution in [0.3, 0.4) is 0 Å². The molecule has 2 N–H and O–H groups in total. The summed E-state index contributed by atoms with van der Waals surface area (Å²) in [6.45, 7) is 7.01. The molecule has 1 amide bonds. The molecule has 2 aromatic carbocycles. The van der Waals surface area contributed by atoms with Gasteiger partial charge in [-0.15, -0.1) is 0 Å². The largest absolute Gasteiger partial charge is 0.347 e. The Morgan fingerprint density at radius 3 is 2.22 bits per heavy atom. The summed E-state index contributed by atoms with van der Waals surface area (Å²) >= 11 is 0. The first kappa shape index (κ1) is 18.6. The first-order valence-electron chi connectivity index (χ1n) is 8.93. The number of carbonyl (C=O) groups is 1. The minimum Gasteiger partial charge on any atom is -0.347 e. The number of nitrogens with zero attached hydrogens (tertiary/aromatic N) is 2. The van der Waals surface area contributed by atoms with Gasteiger partial charge in [-0.1, -0.05) is 63.2 Å². The van der Waals surface area contributed by atoms with Gasteiger partial charge < -0.3 is 10.6 Å². The molecule has 0 saturated heterocycles. The average Bonchev–Trinajstić information content (AvgIpc) is 2.67. The van der Waals surface area contributed by atoms with Crippen molar-refractivity contribution in [1.29, 1.82) is 0 Å². The molecular weight excluding hydrogens is 336 g/mol. The molecule has 1 heterocycles. The second-order valence-electron chi connectivity index (χ2n) is 7.41. The van der Waals surface area contributed by atoms with E-state index in [4.69, 9.17) is 0 Å². The van der Waals surface area contributed by atoms with Crippen LogP contribution in [0.1, 0.15) is 42.4 Å². The highest BCUT2D eigenvalue weighted by Gasteiger charge is 2.13. The van der Waals surface area contributed by atoms with Crippen molar-refractivity contribution in [3.05, 3.63) is 83.8 Å². The lowest BCUT2D eigenvalue weighted by Crippen LogP contribution is -2.24. The van der Waals surface area contributed by atoms with E-state index in [1.165, 1.54) is 11.8 Å². The van der Waals surface area contributed by atoms with Crippen LogP contribution >= 0.6 is 0 Å². The van der Waals surface area contributed by atoms with Crippen LogP contribution < -0.4 is 10.6 Å². The Labute approximate surface area is 159 Å². The Balaban J connectivity index is 1.59. The second kappa shape index (κ2) is 7.99. The van der Waals surface area contributed by atoms with Crippen molar-refractivity contribution in [2.75, 3.05) is 5.32 Å². The van der Waals surface area contributed by atoms with E-state index in [1.54, 1.807) is 6.20 Å². The number of hydrogen-bond donors (Lipinski definition) is 2. The van der Waals surface area contributed by atoms with E-state index in [0.717, 1.165) is 11.3 Å². The highest BCUT2D eigenvalue weighted by atomic mass is 16.1. The van der Waals surface area contributed by atoms with E-state index in [-0.39, 0.29) is 11.3 Å². The average molecular weight is 360 g/mol. The van der Waals surface area contributed by atoms with Gasteiger partial charge >= 0.3 is 0 Å². The van der Waals surface area contributed by atoms with Crippen LogP contribution in [0.15, 0.2) is 67.0 Å². The highest BCUT2D eigenvalue weighted by Crippen LogP contribution is 2.24. The van der Waals surface area contributed by atoms with Gasteiger partial charge in [-0.2, -0.15) is 0 Å². The summed E-state index contributed by atoms with van der Waals surface area (Å²) in [6, 6.07) is 18.0. The predicted molar refractivity (Wildman–Crippen MR) is 108 cm³/mol. The molecule has 0 saturated carbocycles. The van der Waals surface area contributed by atoms with Crippen LogP contribution in [-0.2, 0) is 12.0 Å². The predicted octanol–water partition coefficient (Wildman–Crippen LogP) is 4.45. The van der Waals surface area contributed by atoms with Crippen molar-refractivity contribution >= 4 is 17.4 Å². The maximum Gasteiger partial charge on any atom is 0.271 e. The fraction of sp³-hybridized carbons (Fsp3) is 0.227. The topological polar surface area (TPSA) is 66.9 Å². The molecule has 0 aliphatic carbocycles. The number of carbonyl (C=O) groups excluding carboxylic acids is 1. The van der Waals surface area contributed by atoms with Crippen LogP contribution in [0.2, 0.25) is 0 Å². The molecule has 0 radical (unpaired) electrons. The lowest BCUT2D eigenvalue weighted by atomic mass is 9.87. The number of benzene rings is 2. The van der Waals surface area contributed by atoms with Gasteiger partial charge in [0.25, 0.3) is 5.91 Å². The molecule has 27 heavy (non-hydrogen) atoms. The summed E-state index contributed by atoms with van der Waals surface area (Å²) in [6.07, 6.45) is 3.04. The Morgan fingerprint density at radius 2 is 1.63 bits per heavy atom. The molecule has 5 heteroatoms. The van der Waals surface area contributed by atoms with Gasteiger partial charge in [-0.3, -0.25) is 4.79 Å². The molecule has 138 valence electrons. The van der Waals surface area contributed by atoms with E-state index >= 15 is 0 Å². The number of hydrogen-bond acceptors (Lipinski definition) is 4. The van der Waals surface area contributed by atoms with Gasteiger partial charge in [0.2, 0.25) is 0 Å². The van der Waals surface area contributed by atoms with Crippen LogP contribution in [-0.4, -0.2) is 15.9 Å². The molecule has 3 rings (SSSR count). The van der Waals surface area contributed by atoms with E-state index in [1.807, 2.05) is 42.5 Å². The molecule has 0 atom stereocenters. The summed E-state index contributed by atoms with van der Waals surface area (Å²) in [4.78, 5) is 20.7. The maximum absolute atomic E-state index is 12.2. The van der Waals surface area contributed by atoms with Crippen molar-refractivity contribution in [3.63, 3.8) is 0 Å². The second-order valence-corrected chi connectivity index (χ2v) is 7.41. The van der Waals surface area contributed by atoms with Crippen LogP contribution in [0.25, 0.3) is 0 Å². The van der Waals surface area contributed by atoms with E-state index in [2.05, 4.69) is 53.5 Å². The minimum absolute atomic E-state index is 0.118. The standard InChI is InChI=1S/C22H24N4O/c1-22(2,3)17-9-11-18(12-10-17)26-20-15-23-19(14-24-20)21(27)25-13-16-7-5-4-6-8-16/h4-12,14-15H,13H2,1-3H3,(H,24,26)(H,25,27). The third-order valence-corrected chi connectivity index (χ3v) is 4.20. The Bertz CT molecular complexity index is 882. The molecule has 5 nitrogen and oxygen atoms in total. The third-order valence-electron chi connectivity index (χ3n) is 4.20. The molecular formula is C22H24N4O. The Kier molecular flexibility index (Phi) is 5.50. The summed E-state index contributed by atoms with van der Waals surface area (Å²) in [5.41, 5.74) is 3.64. The molecule has 0 bridgehead atoms. The first-order chi connectivity index (χ1) is 12.9. The van der Waals surface area contributed by atoms with Crippen LogP contribution in [0.5, 0.6) is 0 Å². The van der Waals surface area contributed by atoms with E-state index in [9.17, 15) is 4.79 Å². The number of rotatable bonds is 5. The summed E-state index contributed by atoms with van der Waals surface area (Å²) in [5.74, 6) is 0.352. The number of amides is 1. The Hall–Kier alpha value is -3.21.